The maximum atomic E-state index is 11.8. The minimum atomic E-state index is -0.476. The first kappa shape index (κ1) is 21.0. The summed E-state index contributed by atoms with van der Waals surface area (Å²) in [7, 11) is 1.54. The van der Waals surface area contributed by atoms with Gasteiger partial charge < -0.3 is 19.5 Å². The lowest BCUT2D eigenvalue weighted by Gasteiger charge is -2.08. The van der Waals surface area contributed by atoms with Gasteiger partial charge in [-0.15, -0.1) is 0 Å². The summed E-state index contributed by atoms with van der Waals surface area (Å²) < 4.78 is 15.5. The van der Waals surface area contributed by atoms with Gasteiger partial charge in [0.25, 0.3) is 5.91 Å². The van der Waals surface area contributed by atoms with Gasteiger partial charge >= 0.3 is 5.97 Å². The number of rotatable bonds is 10. The molecule has 7 heteroatoms. The summed E-state index contributed by atoms with van der Waals surface area (Å²) in [5.74, 6) is 0.325. The average molecular weight is 385 g/mol. The number of benzene rings is 2. The SMILES string of the molecule is COc1cccc(NC(=O)COC(=O)CCCOc2ccc(C(C)=O)cc2)c1. The van der Waals surface area contributed by atoms with Crippen LogP contribution in [0.15, 0.2) is 48.5 Å². The van der Waals surface area contributed by atoms with Crippen LogP contribution in [0.5, 0.6) is 11.5 Å². The average Bonchev–Trinajstić information content (AvgIpc) is 2.70. The topological polar surface area (TPSA) is 90.9 Å². The third-order valence-electron chi connectivity index (χ3n) is 3.77. The van der Waals surface area contributed by atoms with E-state index < -0.39 is 11.9 Å². The van der Waals surface area contributed by atoms with Crippen LogP contribution in [0.4, 0.5) is 5.69 Å². The van der Waals surface area contributed by atoms with Crippen LogP contribution < -0.4 is 14.8 Å². The van der Waals surface area contributed by atoms with Gasteiger partial charge in [0.2, 0.25) is 0 Å². The highest BCUT2D eigenvalue weighted by atomic mass is 16.5. The van der Waals surface area contributed by atoms with Crippen molar-refractivity contribution < 1.29 is 28.6 Å². The normalized spacial score (nSPS) is 10.1. The predicted octanol–water partition coefficient (Wildman–Crippen LogP) is 3.24. The molecule has 0 unspecified atom stereocenters. The molecule has 0 aliphatic rings. The third kappa shape index (κ3) is 7.11. The molecule has 0 saturated carbocycles. The molecule has 1 amide bonds. The molecule has 0 saturated heterocycles. The van der Waals surface area contributed by atoms with E-state index in [-0.39, 0.29) is 18.8 Å². The molecule has 0 radical (unpaired) electrons. The van der Waals surface area contributed by atoms with Gasteiger partial charge in [0.15, 0.2) is 12.4 Å². The standard InChI is InChI=1S/C21H23NO6/c1-15(23)16-8-10-18(11-9-16)27-12-4-7-21(25)28-14-20(24)22-17-5-3-6-19(13-17)26-2/h3,5-6,8-11,13H,4,7,12,14H2,1-2H3,(H,22,24). The molecule has 1 N–H and O–H groups in total. The summed E-state index contributed by atoms with van der Waals surface area (Å²) in [6.07, 6.45) is 0.586. The van der Waals surface area contributed by atoms with E-state index in [2.05, 4.69) is 5.32 Å². The Hall–Kier alpha value is -3.35. The molecule has 0 aromatic heterocycles. The van der Waals surface area contributed by atoms with Crippen molar-refractivity contribution in [3.05, 3.63) is 54.1 Å². The Balaban J connectivity index is 1.62. The molecule has 2 aromatic rings. The molecule has 0 spiro atoms. The van der Waals surface area contributed by atoms with Crippen LogP contribution in [-0.2, 0) is 14.3 Å². The summed E-state index contributed by atoms with van der Waals surface area (Å²) in [6.45, 7) is 1.46. The van der Waals surface area contributed by atoms with E-state index in [1.165, 1.54) is 14.0 Å². The van der Waals surface area contributed by atoms with Crippen molar-refractivity contribution >= 4 is 23.3 Å². The lowest BCUT2D eigenvalue weighted by Crippen LogP contribution is -2.21. The van der Waals surface area contributed by atoms with Crippen molar-refractivity contribution in [2.24, 2.45) is 0 Å². The number of nitrogens with one attached hydrogen (secondary N) is 1. The first-order valence-electron chi connectivity index (χ1n) is 8.81. The fraction of sp³-hybridized carbons (Fsp3) is 0.286. The second-order valence-electron chi connectivity index (χ2n) is 5.97. The summed E-state index contributed by atoms with van der Waals surface area (Å²) in [5.41, 5.74) is 1.17. The first-order valence-corrected chi connectivity index (χ1v) is 8.81. The molecule has 0 atom stereocenters. The van der Waals surface area contributed by atoms with Crippen LogP contribution in [0.3, 0.4) is 0 Å². The van der Waals surface area contributed by atoms with Crippen molar-refractivity contribution in [3.8, 4) is 11.5 Å². The Morgan fingerprint density at radius 1 is 1.00 bits per heavy atom. The van der Waals surface area contributed by atoms with Gasteiger partial charge in [-0.2, -0.15) is 0 Å². The molecule has 0 bridgehead atoms. The Bertz CT molecular complexity index is 816. The molecule has 0 aliphatic heterocycles. The molecule has 0 fully saturated rings. The molecule has 2 rings (SSSR count). The van der Waals surface area contributed by atoms with Crippen LogP contribution >= 0.6 is 0 Å². The fourth-order valence-electron chi connectivity index (χ4n) is 2.31. The smallest absolute Gasteiger partial charge is 0.306 e. The zero-order chi connectivity index (χ0) is 20.4. The van der Waals surface area contributed by atoms with Crippen molar-refractivity contribution in [1.29, 1.82) is 0 Å². The second-order valence-corrected chi connectivity index (χ2v) is 5.97. The molecule has 148 valence electrons. The van der Waals surface area contributed by atoms with Crippen LogP contribution in [0, 0.1) is 0 Å². The van der Waals surface area contributed by atoms with Crippen molar-refractivity contribution in [2.75, 3.05) is 25.6 Å². The summed E-state index contributed by atoms with van der Waals surface area (Å²) in [5, 5.41) is 2.63. The molecular weight excluding hydrogens is 362 g/mol. The van der Waals surface area contributed by atoms with E-state index in [0.29, 0.717) is 35.8 Å². The van der Waals surface area contributed by atoms with E-state index in [9.17, 15) is 14.4 Å². The van der Waals surface area contributed by atoms with Crippen LogP contribution in [0.2, 0.25) is 0 Å². The van der Waals surface area contributed by atoms with Crippen LogP contribution in [0.1, 0.15) is 30.1 Å². The third-order valence-corrected chi connectivity index (χ3v) is 3.77. The van der Waals surface area contributed by atoms with Crippen molar-refractivity contribution in [2.45, 2.75) is 19.8 Å². The summed E-state index contributed by atoms with van der Waals surface area (Å²) in [4.78, 5) is 34.8. The van der Waals surface area contributed by atoms with Gasteiger partial charge in [0.05, 0.1) is 13.7 Å². The minimum Gasteiger partial charge on any atom is -0.497 e. The number of esters is 1. The highest BCUT2D eigenvalue weighted by Crippen LogP contribution is 2.16. The minimum absolute atomic E-state index is 0.00951. The molecule has 2 aromatic carbocycles. The van der Waals surface area contributed by atoms with E-state index in [0.717, 1.165) is 0 Å². The van der Waals surface area contributed by atoms with Gasteiger partial charge in [0, 0.05) is 23.7 Å². The maximum Gasteiger partial charge on any atom is 0.306 e. The Morgan fingerprint density at radius 2 is 1.75 bits per heavy atom. The van der Waals surface area contributed by atoms with Crippen LogP contribution in [-0.4, -0.2) is 38.0 Å². The van der Waals surface area contributed by atoms with Crippen LogP contribution in [0.25, 0.3) is 0 Å². The van der Waals surface area contributed by atoms with Crippen molar-refractivity contribution in [3.63, 3.8) is 0 Å². The number of carbonyl (C=O) groups excluding carboxylic acids is 3. The zero-order valence-corrected chi connectivity index (χ0v) is 15.9. The molecule has 0 heterocycles. The Labute approximate surface area is 163 Å². The summed E-state index contributed by atoms with van der Waals surface area (Å²) >= 11 is 0. The second kappa shape index (κ2) is 10.7. The number of ketones is 1. The number of ether oxygens (including phenoxy) is 3. The summed E-state index contributed by atoms with van der Waals surface area (Å²) in [6, 6.07) is 13.7. The molecular formula is C21H23NO6. The quantitative estimate of drug-likeness (QED) is 0.384. The molecule has 28 heavy (non-hydrogen) atoms. The largest absolute Gasteiger partial charge is 0.497 e. The first-order chi connectivity index (χ1) is 13.5. The highest BCUT2D eigenvalue weighted by molar-refractivity contribution is 5.94. The number of amides is 1. The Kier molecular flexibility index (Phi) is 8.02. The maximum absolute atomic E-state index is 11.8. The number of methoxy groups -OCH3 is 1. The lowest BCUT2D eigenvalue weighted by molar-refractivity contribution is -0.147. The Morgan fingerprint density at radius 3 is 2.43 bits per heavy atom. The van der Waals surface area contributed by atoms with Gasteiger partial charge in [0.1, 0.15) is 11.5 Å². The van der Waals surface area contributed by atoms with E-state index in [4.69, 9.17) is 14.2 Å². The van der Waals surface area contributed by atoms with E-state index in [1.807, 2.05) is 0 Å². The van der Waals surface area contributed by atoms with Gasteiger partial charge in [-0.1, -0.05) is 6.07 Å². The molecule has 7 nitrogen and oxygen atoms in total. The number of Topliss-reactive ketones (excluding diaryl/α,β-unsaturated/α-hetero) is 1. The number of hydrogen-bond acceptors (Lipinski definition) is 6. The van der Waals surface area contributed by atoms with Gasteiger partial charge in [-0.3, -0.25) is 14.4 Å². The van der Waals surface area contributed by atoms with Crippen molar-refractivity contribution in [1.82, 2.24) is 0 Å². The fourth-order valence-corrected chi connectivity index (χ4v) is 2.31. The number of anilines is 1. The monoisotopic (exact) mass is 385 g/mol. The van der Waals surface area contributed by atoms with Gasteiger partial charge in [-0.25, -0.2) is 0 Å². The number of carbonyl (C=O) groups is 3. The van der Waals surface area contributed by atoms with Gasteiger partial charge in [-0.05, 0) is 49.7 Å². The van der Waals surface area contributed by atoms with E-state index in [1.54, 1.807) is 48.5 Å². The zero-order valence-electron chi connectivity index (χ0n) is 15.9. The molecule has 0 aliphatic carbocycles. The lowest BCUT2D eigenvalue weighted by atomic mass is 10.1. The number of hydrogen-bond donors (Lipinski definition) is 1. The predicted molar refractivity (Wildman–Crippen MR) is 104 cm³/mol. The highest BCUT2D eigenvalue weighted by Gasteiger charge is 2.09. The van der Waals surface area contributed by atoms with E-state index >= 15 is 0 Å².